The Morgan fingerprint density at radius 3 is 2.48 bits per heavy atom. The highest BCUT2D eigenvalue weighted by Gasteiger charge is 2.34. The Kier molecular flexibility index (Phi) is 7.70. The van der Waals surface area contributed by atoms with Crippen molar-refractivity contribution in [2.24, 2.45) is 0 Å². The van der Waals surface area contributed by atoms with Crippen LogP contribution in [-0.4, -0.2) is 54.4 Å². The monoisotopic (exact) mass is 462 g/mol. The number of amides is 1. The normalized spacial score (nSPS) is 15.8. The minimum Gasteiger partial charge on any atom is -0.503 e. The van der Waals surface area contributed by atoms with Gasteiger partial charge in [0.25, 0.3) is 5.91 Å². The zero-order chi connectivity index (χ0) is 24.1. The SMILES string of the molecule is COc1cc(F)ccc1[C@H](OC1CC1)[C@H](C)OC(=O)[C@H](C)NC(=O)c1nccc(OC)c1O. The molecular weight excluding hydrogens is 435 g/mol. The molecule has 1 aromatic heterocycles. The number of aromatic nitrogens is 1. The number of ether oxygens (including phenoxy) is 4. The zero-order valence-electron chi connectivity index (χ0n) is 18.8. The third-order valence-electron chi connectivity index (χ3n) is 5.12. The van der Waals surface area contributed by atoms with E-state index in [0.29, 0.717) is 5.56 Å². The molecule has 2 aromatic rings. The topological polar surface area (TPSA) is 116 Å². The summed E-state index contributed by atoms with van der Waals surface area (Å²) in [4.78, 5) is 29.0. The molecule has 1 aliphatic carbocycles. The van der Waals surface area contributed by atoms with Crippen LogP contribution in [-0.2, 0) is 14.3 Å². The van der Waals surface area contributed by atoms with Gasteiger partial charge < -0.3 is 29.4 Å². The zero-order valence-corrected chi connectivity index (χ0v) is 18.8. The molecule has 2 N–H and O–H groups in total. The van der Waals surface area contributed by atoms with Crippen molar-refractivity contribution < 1.29 is 38.0 Å². The molecule has 0 saturated heterocycles. The van der Waals surface area contributed by atoms with Gasteiger partial charge in [0.2, 0.25) is 0 Å². The van der Waals surface area contributed by atoms with Gasteiger partial charge in [-0.25, -0.2) is 14.2 Å². The molecule has 1 heterocycles. The second-order valence-electron chi connectivity index (χ2n) is 7.69. The van der Waals surface area contributed by atoms with E-state index in [1.165, 1.54) is 51.6 Å². The summed E-state index contributed by atoms with van der Waals surface area (Å²) in [6.07, 6.45) is 1.62. The maximum Gasteiger partial charge on any atom is 0.328 e. The number of rotatable bonds is 10. The molecule has 1 amide bonds. The summed E-state index contributed by atoms with van der Waals surface area (Å²) in [5, 5.41) is 12.5. The molecule has 1 aromatic carbocycles. The summed E-state index contributed by atoms with van der Waals surface area (Å²) in [7, 11) is 2.76. The Balaban J connectivity index is 1.70. The first kappa shape index (κ1) is 24.2. The summed E-state index contributed by atoms with van der Waals surface area (Å²) < 4.78 is 35.5. The van der Waals surface area contributed by atoms with Crippen LogP contribution in [0.15, 0.2) is 30.5 Å². The minimum absolute atomic E-state index is 0.0187. The standard InChI is InChI=1S/C23H27FN2O7/c1-12(26-22(28)19-20(27)17(30-3)9-10-25-19)23(29)32-13(2)21(33-15-6-7-15)16-8-5-14(24)11-18(16)31-4/h5,8-13,15,21,27H,6-7H2,1-4H3,(H,26,28)/t12-,13-,21+/m0/s1. The van der Waals surface area contributed by atoms with E-state index in [0.717, 1.165) is 12.8 Å². The maximum absolute atomic E-state index is 13.6. The number of halogens is 1. The smallest absolute Gasteiger partial charge is 0.328 e. The van der Waals surface area contributed by atoms with Gasteiger partial charge in [-0.2, -0.15) is 0 Å². The second kappa shape index (κ2) is 10.5. The molecule has 10 heteroatoms. The molecular formula is C23H27FN2O7. The molecule has 0 unspecified atom stereocenters. The van der Waals surface area contributed by atoms with E-state index in [9.17, 15) is 19.1 Å². The molecule has 0 spiro atoms. The number of esters is 1. The van der Waals surface area contributed by atoms with Crippen LogP contribution < -0.4 is 14.8 Å². The Hall–Kier alpha value is -3.40. The van der Waals surface area contributed by atoms with Crippen molar-refractivity contribution in [3.05, 3.63) is 47.5 Å². The fourth-order valence-corrected chi connectivity index (χ4v) is 3.21. The molecule has 0 bridgehead atoms. The molecule has 178 valence electrons. The molecule has 1 saturated carbocycles. The summed E-state index contributed by atoms with van der Waals surface area (Å²) in [6.45, 7) is 3.09. The van der Waals surface area contributed by atoms with Crippen LogP contribution in [0.2, 0.25) is 0 Å². The van der Waals surface area contributed by atoms with Crippen molar-refractivity contribution >= 4 is 11.9 Å². The van der Waals surface area contributed by atoms with Crippen molar-refractivity contribution in [3.63, 3.8) is 0 Å². The first-order valence-corrected chi connectivity index (χ1v) is 10.5. The highest BCUT2D eigenvalue weighted by Crippen LogP contribution is 2.37. The van der Waals surface area contributed by atoms with Crippen molar-refractivity contribution in [3.8, 4) is 17.2 Å². The van der Waals surface area contributed by atoms with E-state index in [1.54, 1.807) is 6.92 Å². The molecule has 1 fully saturated rings. The van der Waals surface area contributed by atoms with Crippen LogP contribution >= 0.6 is 0 Å². The molecule has 0 radical (unpaired) electrons. The van der Waals surface area contributed by atoms with Gasteiger partial charge in [-0.1, -0.05) is 0 Å². The van der Waals surface area contributed by atoms with E-state index < -0.39 is 41.7 Å². The van der Waals surface area contributed by atoms with Gasteiger partial charge in [-0.05, 0) is 38.8 Å². The summed E-state index contributed by atoms with van der Waals surface area (Å²) in [6, 6.07) is 4.41. The Bertz CT molecular complexity index is 1010. The third-order valence-corrected chi connectivity index (χ3v) is 5.12. The summed E-state index contributed by atoms with van der Waals surface area (Å²) in [5.74, 6) is -2.03. The quantitative estimate of drug-likeness (QED) is 0.518. The van der Waals surface area contributed by atoms with E-state index in [1.807, 2.05) is 0 Å². The first-order valence-electron chi connectivity index (χ1n) is 10.5. The molecule has 3 atom stereocenters. The predicted octanol–water partition coefficient (Wildman–Crippen LogP) is 2.91. The van der Waals surface area contributed by atoms with E-state index in [4.69, 9.17) is 18.9 Å². The average molecular weight is 462 g/mol. The highest BCUT2D eigenvalue weighted by molar-refractivity contribution is 5.97. The van der Waals surface area contributed by atoms with Crippen molar-refractivity contribution in [1.29, 1.82) is 0 Å². The molecule has 0 aliphatic heterocycles. The molecule has 9 nitrogen and oxygen atoms in total. The van der Waals surface area contributed by atoms with E-state index in [2.05, 4.69) is 10.3 Å². The fraction of sp³-hybridized carbons (Fsp3) is 0.435. The van der Waals surface area contributed by atoms with Gasteiger partial charge in [0, 0.05) is 23.9 Å². The van der Waals surface area contributed by atoms with Crippen LogP contribution in [0.25, 0.3) is 0 Å². The van der Waals surface area contributed by atoms with Crippen LogP contribution in [0.1, 0.15) is 48.8 Å². The van der Waals surface area contributed by atoms with Crippen molar-refractivity contribution in [2.75, 3.05) is 14.2 Å². The summed E-state index contributed by atoms with van der Waals surface area (Å²) in [5.41, 5.74) is 0.265. The van der Waals surface area contributed by atoms with Gasteiger partial charge in [-0.3, -0.25) is 4.79 Å². The molecule has 1 aliphatic rings. The first-order chi connectivity index (χ1) is 15.7. The number of nitrogens with zero attached hydrogens (tertiary/aromatic N) is 1. The summed E-state index contributed by atoms with van der Waals surface area (Å²) >= 11 is 0. The fourth-order valence-electron chi connectivity index (χ4n) is 3.21. The number of hydrogen-bond donors (Lipinski definition) is 2. The van der Waals surface area contributed by atoms with Crippen LogP contribution in [0.4, 0.5) is 4.39 Å². The highest BCUT2D eigenvalue weighted by atomic mass is 19.1. The lowest BCUT2D eigenvalue weighted by atomic mass is 10.0. The number of carbonyl (C=O) groups is 2. The number of hydrogen-bond acceptors (Lipinski definition) is 8. The number of carbonyl (C=O) groups excluding carboxylic acids is 2. The second-order valence-corrected chi connectivity index (χ2v) is 7.69. The number of methoxy groups -OCH3 is 2. The van der Waals surface area contributed by atoms with Crippen molar-refractivity contribution in [2.45, 2.75) is 51.0 Å². The number of pyridine rings is 1. The maximum atomic E-state index is 13.6. The Morgan fingerprint density at radius 2 is 1.85 bits per heavy atom. The Labute approximate surface area is 190 Å². The van der Waals surface area contributed by atoms with Gasteiger partial charge in [-0.15, -0.1) is 0 Å². The van der Waals surface area contributed by atoms with Crippen molar-refractivity contribution in [1.82, 2.24) is 10.3 Å². The van der Waals surface area contributed by atoms with E-state index in [-0.39, 0.29) is 23.3 Å². The average Bonchev–Trinajstić information content (AvgIpc) is 3.61. The lowest BCUT2D eigenvalue weighted by molar-refractivity contribution is -0.159. The van der Waals surface area contributed by atoms with Gasteiger partial charge >= 0.3 is 5.97 Å². The van der Waals surface area contributed by atoms with Gasteiger partial charge in [0.15, 0.2) is 17.2 Å². The largest absolute Gasteiger partial charge is 0.503 e. The van der Waals surface area contributed by atoms with Gasteiger partial charge in [0.05, 0.1) is 20.3 Å². The van der Waals surface area contributed by atoms with Crippen LogP contribution in [0.3, 0.4) is 0 Å². The number of nitrogens with one attached hydrogen (secondary N) is 1. The van der Waals surface area contributed by atoms with Crippen LogP contribution in [0, 0.1) is 5.82 Å². The minimum atomic E-state index is -1.05. The third kappa shape index (κ3) is 5.89. The van der Waals surface area contributed by atoms with Crippen LogP contribution in [0.5, 0.6) is 17.2 Å². The predicted molar refractivity (Wildman–Crippen MR) is 115 cm³/mol. The lowest BCUT2D eigenvalue weighted by Gasteiger charge is -2.27. The van der Waals surface area contributed by atoms with Gasteiger partial charge in [0.1, 0.15) is 29.8 Å². The lowest BCUT2D eigenvalue weighted by Crippen LogP contribution is -2.41. The molecule has 33 heavy (non-hydrogen) atoms. The molecule has 3 rings (SSSR count). The Morgan fingerprint density at radius 1 is 1.15 bits per heavy atom. The number of aromatic hydroxyl groups is 1. The van der Waals surface area contributed by atoms with E-state index >= 15 is 0 Å². The number of benzene rings is 1.